The normalized spacial score (nSPS) is 17.0. The summed E-state index contributed by atoms with van der Waals surface area (Å²) in [6.07, 6.45) is 2.36. The molecule has 0 radical (unpaired) electrons. The van der Waals surface area contributed by atoms with Gasteiger partial charge in [0.1, 0.15) is 16.6 Å². The summed E-state index contributed by atoms with van der Waals surface area (Å²) >= 11 is 0. The molecule has 4 rings (SSSR count). The molecule has 0 bridgehead atoms. The summed E-state index contributed by atoms with van der Waals surface area (Å²) in [6, 6.07) is 13.7. The van der Waals surface area contributed by atoms with Crippen molar-refractivity contribution in [1.82, 2.24) is 8.87 Å². The second kappa shape index (κ2) is 8.16. The third kappa shape index (κ3) is 3.82. The van der Waals surface area contributed by atoms with Gasteiger partial charge in [0.25, 0.3) is 0 Å². The maximum atomic E-state index is 13.3. The van der Waals surface area contributed by atoms with E-state index in [1.807, 2.05) is 36.4 Å². The lowest BCUT2D eigenvalue weighted by Gasteiger charge is -2.23. The van der Waals surface area contributed by atoms with Crippen LogP contribution in [-0.4, -0.2) is 48.9 Å². The van der Waals surface area contributed by atoms with Crippen molar-refractivity contribution in [3.8, 4) is 0 Å². The summed E-state index contributed by atoms with van der Waals surface area (Å²) in [6.45, 7) is 0.235. The highest BCUT2D eigenvalue weighted by Gasteiger charge is 2.40. The van der Waals surface area contributed by atoms with Gasteiger partial charge in [-0.15, -0.1) is 0 Å². The van der Waals surface area contributed by atoms with Gasteiger partial charge in [-0.05, 0) is 30.4 Å². The molecule has 1 aliphatic heterocycles. The molecule has 1 saturated heterocycles. The number of anilines is 1. The average Bonchev–Trinajstić information content (AvgIpc) is 3.41. The van der Waals surface area contributed by atoms with Gasteiger partial charge in [0.05, 0.1) is 7.11 Å². The van der Waals surface area contributed by atoms with Gasteiger partial charge in [0.15, 0.2) is 0 Å². The summed E-state index contributed by atoms with van der Waals surface area (Å²) in [7, 11) is -1.16. The van der Waals surface area contributed by atoms with Crippen molar-refractivity contribution in [3.63, 3.8) is 0 Å². The van der Waals surface area contributed by atoms with E-state index in [4.69, 9.17) is 4.74 Å². The minimum atomic E-state index is -3.97. The standard InChI is InChI=1S/C22H23N3O5S/c1-24-14-16(13-20(24)22(27)30-2)31(28,29)25-12-6-11-19(25)21(26)23-18-10-5-8-15-7-3-4-9-17(15)18/h3-5,7-10,13-14,19H,6,11-12H2,1-2H3,(H,23,26)/t19-/m1/s1. The Morgan fingerprint density at radius 3 is 2.65 bits per heavy atom. The van der Waals surface area contributed by atoms with Crippen molar-refractivity contribution in [2.75, 3.05) is 19.0 Å². The lowest BCUT2D eigenvalue weighted by atomic mass is 10.1. The molecule has 1 amide bonds. The zero-order chi connectivity index (χ0) is 22.2. The number of aryl methyl sites for hydroxylation is 1. The summed E-state index contributed by atoms with van der Waals surface area (Å²) in [5.41, 5.74) is 0.761. The first-order chi connectivity index (χ1) is 14.8. The van der Waals surface area contributed by atoms with E-state index in [-0.39, 0.29) is 23.0 Å². The maximum Gasteiger partial charge on any atom is 0.354 e. The first kappa shape index (κ1) is 21.1. The Bertz CT molecular complexity index is 1260. The predicted octanol–water partition coefficient (Wildman–Crippen LogP) is 2.76. The van der Waals surface area contributed by atoms with Crippen LogP contribution < -0.4 is 5.32 Å². The summed E-state index contributed by atoms with van der Waals surface area (Å²) < 4.78 is 33.9. The van der Waals surface area contributed by atoms with Gasteiger partial charge in [-0.25, -0.2) is 13.2 Å². The van der Waals surface area contributed by atoms with Gasteiger partial charge >= 0.3 is 5.97 Å². The number of hydrogen-bond donors (Lipinski definition) is 1. The Morgan fingerprint density at radius 1 is 1.13 bits per heavy atom. The molecule has 2 aromatic carbocycles. The molecule has 0 saturated carbocycles. The van der Waals surface area contributed by atoms with Crippen LogP contribution in [-0.2, 0) is 26.6 Å². The molecular formula is C22H23N3O5S. The van der Waals surface area contributed by atoms with Gasteiger partial charge in [-0.2, -0.15) is 4.31 Å². The summed E-state index contributed by atoms with van der Waals surface area (Å²) in [4.78, 5) is 24.9. The summed E-state index contributed by atoms with van der Waals surface area (Å²) in [5, 5.41) is 4.77. The fourth-order valence-corrected chi connectivity index (χ4v) is 5.69. The largest absolute Gasteiger partial charge is 0.464 e. The van der Waals surface area contributed by atoms with E-state index in [2.05, 4.69) is 5.32 Å². The van der Waals surface area contributed by atoms with E-state index in [0.717, 1.165) is 10.8 Å². The van der Waals surface area contributed by atoms with E-state index < -0.39 is 22.0 Å². The van der Waals surface area contributed by atoms with Crippen LogP contribution in [0.2, 0.25) is 0 Å². The van der Waals surface area contributed by atoms with E-state index in [1.54, 1.807) is 13.1 Å². The second-order valence-electron chi connectivity index (χ2n) is 7.45. The molecular weight excluding hydrogens is 418 g/mol. The van der Waals surface area contributed by atoms with Gasteiger partial charge in [-0.3, -0.25) is 4.79 Å². The molecule has 1 aromatic heterocycles. The Hall–Kier alpha value is -3.17. The number of sulfonamides is 1. The third-order valence-corrected chi connectivity index (χ3v) is 7.41. The molecule has 31 heavy (non-hydrogen) atoms. The fraction of sp³-hybridized carbons (Fsp3) is 0.273. The molecule has 162 valence electrons. The molecule has 1 fully saturated rings. The quantitative estimate of drug-likeness (QED) is 0.614. The number of amides is 1. The minimum Gasteiger partial charge on any atom is -0.464 e. The number of ether oxygens (including phenoxy) is 1. The first-order valence-electron chi connectivity index (χ1n) is 9.88. The number of esters is 1. The number of nitrogens with zero attached hydrogens (tertiary/aromatic N) is 2. The number of nitrogens with one attached hydrogen (secondary N) is 1. The smallest absolute Gasteiger partial charge is 0.354 e. The zero-order valence-corrected chi connectivity index (χ0v) is 18.1. The van der Waals surface area contributed by atoms with Gasteiger partial charge in [0, 0.05) is 30.9 Å². The molecule has 0 aliphatic carbocycles. The highest BCUT2D eigenvalue weighted by molar-refractivity contribution is 7.89. The highest BCUT2D eigenvalue weighted by atomic mass is 32.2. The Labute approximate surface area is 180 Å². The topological polar surface area (TPSA) is 97.7 Å². The van der Waals surface area contributed by atoms with Crippen molar-refractivity contribution < 1.29 is 22.7 Å². The average molecular weight is 442 g/mol. The molecule has 0 spiro atoms. The van der Waals surface area contributed by atoms with Gasteiger partial charge in [0.2, 0.25) is 15.9 Å². The first-order valence-corrected chi connectivity index (χ1v) is 11.3. The van der Waals surface area contributed by atoms with Crippen LogP contribution in [0.1, 0.15) is 23.3 Å². The number of rotatable bonds is 5. The van der Waals surface area contributed by atoms with Crippen LogP contribution >= 0.6 is 0 Å². The lowest BCUT2D eigenvalue weighted by molar-refractivity contribution is -0.119. The number of hydrogen-bond acceptors (Lipinski definition) is 5. The van der Waals surface area contributed by atoms with Crippen LogP contribution in [0.4, 0.5) is 5.69 Å². The van der Waals surface area contributed by atoms with Crippen molar-refractivity contribution in [2.24, 2.45) is 7.05 Å². The minimum absolute atomic E-state index is 0.0414. The number of carbonyl (C=O) groups excluding carboxylic acids is 2. The number of carbonyl (C=O) groups is 2. The molecule has 2 heterocycles. The molecule has 1 atom stereocenters. The van der Waals surface area contributed by atoms with Gasteiger partial charge < -0.3 is 14.6 Å². The van der Waals surface area contributed by atoms with Crippen LogP contribution in [0.15, 0.2) is 59.6 Å². The van der Waals surface area contributed by atoms with Crippen LogP contribution in [0.3, 0.4) is 0 Å². The predicted molar refractivity (Wildman–Crippen MR) is 116 cm³/mol. The monoisotopic (exact) mass is 441 g/mol. The van der Waals surface area contributed by atoms with Crippen molar-refractivity contribution >= 4 is 38.4 Å². The number of methoxy groups -OCH3 is 1. The van der Waals surface area contributed by atoms with Crippen LogP contribution in [0.5, 0.6) is 0 Å². The Morgan fingerprint density at radius 2 is 1.87 bits per heavy atom. The number of benzene rings is 2. The van der Waals surface area contributed by atoms with E-state index in [9.17, 15) is 18.0 Å². The third-order valence-electron chi connectivity index (χ3n) is 5.53. The molecule has 9 heteroatoms. The molecule has 1 aliphatic rings. The fourth-order valence-electron chi connectivity index (χ4n) is 3.96. The molecule has 1 N–H and O–H groups in total. The highest BCUT2D eigenvalue weighted by Crippen LogP contribution is 2.29. The SMILES string of the molecule is COC(=O)c1cc(S(=O)(=O)N2CCC[C@@H]2C(=O)Nc2cccc3ccccc23)cn1C. The molecule has 3 aromatic rings. The van der Waals surface area contributed by atoms with Crippen LogP contribution in [0.25, 0.3) is 10.8 Å². The maximum absolute atomic E-state index is 13.3. The van der Waals surface area contributed by atoms with Crippen molar-refractivity contribution in [3.05, 3.63) is 60.4 Å². The summed E-state index contributed by atoms with van der Waals surface area (Å²) in [5.74, 6) is -1.00. The van der Waals surface area contributed by atoms with Gasteiger partial charge in [-0.1, -0.05) is 36.4 Å². The number of aromatic nitrogens is 1. The van der Waals surface area contributed by atoms with Crippen molar-refractivity contribution in [2.45, 2.75) is 23.8 Å². The van der Waals surface area contributed by atoms with E-state index in [1.165, 1.54) is 28.2 Å². The molecule has 8 nitrogen and oxygen atoms in total. The molecule has 0 unspecified atom stereocenters. The Balaban J connectivity index is 1.61. The zero-order valence-electron chi connectivity index (χ0n) is 17.2. The van der Waals surface area contributed by atoms with Crippen molar-refractivity contribution in [1.29, 1.82) is 0 Å². The second-order valence-corrected chi connectivity index (χ2v) is 9.34. The lowest BCUT2D eigenvalue weighted by Crippen LogP contribution is -2.43. The number of fused-ring (bicyclic) bond motifs is 1. The van der Waals surface area contributed by atoms with E-state index in [0.29, 0.717) is 18.5 Å². The van der Waals surface area contributed by atoms with E-state index >= 15 is 0 Å². The van der Waals surface area contributed by atoms with Crippen LogP contribution in [0, 0.1) is 0 Å². The Kier molecular flexibility index (Phi) is 5.55.